The summed E-state index contributed by atoms with van der Waals surface area (Å²) in [6.45, 7) is 7.06. The summed E-state index contributed by atoms with van der Waals surface area (Å²) in [5, 5.41) is 6.13. The third-order valence-electron chi connectivity index (χ3n) is 2.49. The molecule has 1 aliphatic rings. The number of hydrogen-bond donors (Lipinski definition) is 0. The highest BCUT2D eigenvalue weighted by Crippen LogP contribution is 2.38. The number of nitrogens with zero attached hydrogens (tertiary/aromatic N) is 3. The molecule has 94 valence electrons. The lowest BCUT2D eigenvalue weighted by Gasteiger charge is -2.37. The van der Waals surface area contributed by atoms with E-state index < -0.39 is 3.79 Å². The van der Waals surface area contributed by atoms with Gasteiger partial charge in [0.25, 0.3) is 0 Å². The van der Waals surface area contributed by atoms with Crippen LogP contribution < -0.4 is 0 Å². The third kappa shape index (κ3) is 3.31. The average molecular weight is 287 g/mol. The van der Waals surface area contributed by atoms with Crippen LogP contribution in [-0.4, -0.2) is 38.8 Å². The van der Waals surface area contributed by atoms with E-state index in [1.807, 2.05) is 23.8 Å². The molecule has 0 fully saturated rings. The van der Waals surface area contributed by atoms with Gasteiger partial charge in [-0.05, 0) is 20.3 Å². The quantitative estimate of drug-likeness (QED) is 0.737. The van der Waals surface area contributed by atoms with Crippen molar-refractivity contribution in [3.05, 3.63) is 0 Å². The maximum atomic E-state index is 6.02. The number of rotatable bonds is 4. The SMILES string of the molecule is CCCCN1C=NN(C(C)C)C1C(Cl)(Cl)Cl. The minimum Gasteiger partial charge on any atom is -0.336 e. The zero-order valence-corrected chi connectivity index (χ0v) is 12.1. The van der Waals surface area contributed by atoms with E-state index in [2.05, 4.69) is 12.0 Å². The summed E-state index contributed by atoms with van der Waals surface area (Å²) in [5.74, 6) is 0. The molecule has 1 unspecified atom stereocenters. The van der Waals surface area contributed by atoms with Crippen LogP contribution in [0.3, 0.4) is 0 Å². The van der Waals surface area contributed by atoms with Crippen molar-refractivity contribution in [3.63, 3.8) is 0 Å². The zero-order chi connectivity index (χ0) is 12.3. The fourth-order valence-electron chi connectivity index (χ4n) is 1.68. The molecule has 1 atom stereocenters. The second-order valence-corrected chi connectivity index (χ2v) is 6.58. The molecule has 0 radical (unpaired) electrons. The molecular weight excluding hydrogens is 268 g/mol. The summed E-state index contributed by atoms with van der Waals surface area (Å²) in [6.07, 6.45) is 3.64. The van der Waals surface area contributed by atoms with Crippen LogP contribution in [0.2, 0.25) is 0 Å². The second kappa shape index (κ2) is 5.65. The first-order valence-corrected chi connectivity index (χ1v) is 6.66. The van der Waals surface area contributed by atoms with Crippen molar-refractivity contribution in [1.29, 1.82) is 0 Å². The summed E-state index contributed by atoms with van der Waals surface area (Å²) in [7, 11) is 0. The van der Waals surface area contributed by atoms with E-state index >= 15 is 0 Å². The largest absolute Gasteiger partial charge is 0.336 e. The van der Waals surface area contributed by atoms with Crippen LogP contribution in [0.1, 0.15) is 33.6 Å². The summed E-state index contributed by atoms with van der Waals surface area (Å²) in [6, 6.07) is 0.212. The first kappa shape index (κ1) is 14.2. The predicted octanol–water partition coefficient (Wildman–Crippen LogP) is 3.45. The lowest BCUT2D eigenvalue weighted by molar-refractivity contribution is 0.102. The van der Waals surface area contributed by atoms with Crippen LogP contribution in [0, 0.1) is 0 Å². The molecule has 0 spiro atoms. The van der Waals surface area contributed by atoms with E-state index in [0.29, 0.717) is 0 Å². The topological polar surface area (TPSA) is 18.8 Å². The van der Waals surface area contributed by atoms with Crippen LogP contribution in [-0.2, 0) is 0 Å². The molecule has 0 aliphatic carbocycles. The fourth-order valence-corrected chi connectivity index (χ4v) is 2.35. The van der Waals surface area contributed by atoms with Gasteiger partial charge in [0.2, 0.25) is 3.79 Å². The molecule has 16 heavy (non-hydrogen) atoms. The molecule has 0 amide bonds. The van der Waals surface area contributed by atoms with Crippen molar-refractivity contribution in [2.24, 2.45) is 5.10 Å². The number of unbranched alkanes of at least 4 members (excludes halogenated alkanes) is 1. The van der Waals surface area contributed by atoms with Gasteiger partial charge in [0.05, 0.1) is 0 Å². The predicted molar refractivity (Wildman–Crippen MR) is 71.2 cm³/mol. The Morgan fingerprint density at radius 3 is 2.44 bits per heavy atom. The van der Waals surface area contributed by atoms with E-state index in [4.69, 9.17) is 34.8 Å². The Kier molecular flexibility index (Phi) is 5.02. The maximum Gasteiger partial charge on any atom is 0.230 e. The first-order chi connectivity index (χ1) is 7.38. The van der Waals surface area contributed by atoms with E-state index in [-0.39, 0.29) is 12.2 Å². The van der Waals surface area contributed by atoms with Crippen LogP contribution in [0.15, 0.2) is 5.10 Å². The highest BCUT2D eigenvalue weighted by molar-refractivity contribution is 6.68. The lowest BCUT2D eigenvalue weighted by Crippen LogP contribution is -2.51. The van der Waals surface area contributed by atoms with Gasteiger partial charge in [-0.1, -0.05) is 48.1 Å². The van der Waals surface area contributed by atoms with Crippen LogP contribution >= 0.6 is 34.8 Å². The Morgan fingerprint density at radius 1 is 1.38 bits per heavy atom. The van der Waals surface area contributed by atoms with E-state index in [1.54, 1.807) is 6.34 Å². The van der Waals surface area contributed by atoms with Gasteiger partial charge in [0.15, 0.2) is 6.17 Å². The molecule has 0 aromatic rings. The molecule has 0 aromatic heterocycles. The Morgan fingerprint density at radius 2 is 2.00 bits per heavy atom. The Bertz CT molecular complexity index is 250. The van der Waals surface area contributed by atoms with Gasteiger partial charge < -0.3 is 4.90 Å². The number of hydrazone groups is 1. The van der Waals surface area contributed by atoms with Gasteiger partial charge in [-0.3, -0.25) is 5.01 Å². The van der Waals surface area contributed by atoms with Crippen LogP contribution in [0.5, 0.6) is 0 Å². The van der Waals surface area contributed by atoms with Gasteiger partial charge in [-0.15, -0.1) is 0 Å². The summed E-state index contributed by atoms with van der Waals surface area (Å²) in [5.41, 5.74) is 0. The van der Waals surface area contributed by atoms with Crippen LogP contribution in [0.4, 0.5) is 0 Å². The molecule has 0 saturated carbocycles. The summed E-state index contributed by atoms with van der Waals surface area (Å²) >= 11 is 18.1. The van der Waals surface area contributed by atoms with Crippen molar-refractivity contribution in [2.45, 2.75) is 49.6 Å². The van der Waals surface area contributed by atoms with Gasteiger partial charge in [-0.2, -0.15) is 5.10 Å². The minimum atomic E-state index is -1.35. The number of halogens is 3. The Labute approximate surface area is 112 Å². The normalized spacial score (nSPS) is 21.3. The smallest absolute Gasteiger partial charge is 0.230 e. The van der Waals surface area contributed by atoms with E-state index in [1.165, 1.54) is 0 Å². The van der Waals surface area contributed by atoms with Crippen molar-refractivity contribution in [1.82, 2.24) is 9.91 Å². The van der Waals surface area contributed by atoms with Gasteiger partial charge >= 0.3 is 0 Å². The summed E-state index contributed by atoms with van der Waals surface area (Å²) < 4.78 is -1.35. The maximum absolute atomic E-state index is 6.02. The first-order valence-electron chi connectivity index (χ1n) is 5.52. The highest BCUT2D eigenvalue weighted by atomic mass is 35.6. The highest BCUT2D eigenvalue weighted by Gasteiger charge is 2.44. The molecule has 1 rings (SSSR count). The van der Waals surface area contributed by atoms with Gasteiger partial charge in [0.1, 0.15) is 6.34 Å². The van der Waals surface area contributed by atoms with Crippen molar-refractivity contribution in [3.8, 4) is 0 Å². The lowest BCUT2D eigenvalue weighted by atomic mass is 10.3. The monoisotopic (exact) mass is 285 g/mol. The minimum absolute atomic E-state index is 0.212. The molecule has 6 heteroatoms. The molecule has 0 aromatic carbocycles. The zero-order valence-electron chi connectivity index (χ0n) is 9.83. The molecule has 0 saturated heterocycles. The van der Waals surface area contributed by atoms with Crippen molar-refractivity contribution >= 4 is 41.1 Å². The van der Waals surface area contributed by atoms with Crippen molar-refractivity contribution in [2.75, 3.05) is 6.54 Å². The van der Waals surface area contributed by atoms with E-state index in [0.717, 1.165) is 19.4 Å². The molecule has 0 N–H and O–H groups in total. The standard InChI is InChI=1S/C10H18Cl3N3/c1-4-5-6-15-7-14-16(8(2)3)9(15)10(11,12)13/h7-9H,4-6H2,1-3H3. The molecule has 3 nitrogen and oxygen atoms in total. The van der Waals surface area contributed by atoms with Gasteiger partial charge in [0, 0.05) is 12.6 Å². The Hall–Kier alpha value is 0.140. The summed E-state index contributed by atoms with van der Waals surface area (Å²) in [4.78, 5) is 2.00. The molecule has 1 heterocycles. The number of hydrogen-bond acceptors (Lipinski definition) is 3. The second-order valence-electron chi connectivity index (χ2n) is 4.21. The Balaban J connectivity index is 2.76. The third-order valence-corrected chi connectivity index (χ3v) is 3.08. The molecule has 0 bridgehead atoms. The average Bonchev–Trinajstić information content (AvgIpc) is 2.57. The van der Waals surface area contributed by atoms with Gasteiger partial charge in [-0.25, -0.2) is 0 Å². The van der Waals surface area contributed by atoms with E-state index in [9.17, 15) is 0 Å². The fraction of sp³-hybridized carbons (Fsp3) is 0.900. The molecule has 1 aliphatic heterocycles. The molecular formula is C10H18Cl3N3. The van der Waals surface area contributed by atoms with Crippen LogP contribution in [0.25, 0.3) is 0 Å². The number of alkyl halides is 3. The van der Waals surface area contributed by atoms with Crippen molar-refractivity contribution < 1.29 is 0 Å².